The van der Waals surface area contributed by atoms with Crippen LogP contribution in [0.5, 0.6) is 0 Å². The summed E-state index contributed by atoms with van der Waals surface area (Å²) in [6.45, 7) is 3.96. The molecule has 0 saturated heterocycles. The van der Waals surface area contributed by atoms with Gasteiger partial charge >= 0.3 is 0 Å². The van der Waals surface area contributed by atoms with Crippen molar-refractivity contribution in [2.75, 3.05) is 5.32 Å². The Morgan fingerprint density at radius 1 is 1.44 bits per heavy atom. The van der Waals surface area contributed by atoms with Crippen molar-refractivity contribution >= 4 is 55.1 Å². The minimum absolute atomic E-state index is 0.0713. The Bertz CT molecular complexity index is 396. The zero-order chi connectivity index (χ0) is 12.3. The van der Waals surface area contributed by atoms with Gasteiger partial charge in [0.25, 0.3) is 0 Å². The van der Waals surface area contributed by atoms with Gasteiger partial charge in [0.1, 0.15) is 0 Å². The second-order valence-corrected chi connectivity index (χ2v) is 5.92. The van der Waals surface area contributed by atoms with Gasteiger partial charge in [-0.3, -0.25) is 4.79 Å². The molecule has 1 aromatic rings. The number of benzene rings is 1. The maximum Gasteiger partial charge on any atom is 0.238 e. The van der Waals surface area contributed by atoms with Crippen LogP contribution in [0.4, 0.5) is 5.69 Å². The van der Waals surface area contributed by atoms with Gasteiger partial charge < -0.3 is 5.32 Å². The van der Waals surface area contributed by atoms with Gasteiger partial charge in [0.15, 0.2) is 0 Å². The Morgan fingerprint density at radius 2 is 2.06 bits per heavy atom. The lowest BCUT2D eigenvalue weighted by molar-refractivity contribution is -0.116. The fraction of sp³-hybridized carbons (Fsp3) is 0.364. The average molecular weight is 369 g/mol. The van der Waals surface area contributed by atoms with Gasteiger partial charge in [-0.1, -0.05) is 47.4 Å². The van der Waals surface area contributed by atoms with Gasteiger partial charge in [-0.15, -0.1) is 0 Å². The molecule has 1 amide bonds. The molecule has 1 rings (SSSR count). The van der Waals surface area contributed by atoms with Crippen molar-refractivity contribution < 1.29 is 4.79 Å². The molecule has 88 valence electrons. The zero-order valence-corrected chi connectivity index (χ0v) is 12.9. The van der Waals surface area contributed by atoms with Crippen LogP contribution in [0.25, 0.3) is 0 Å². The Hall–Kier alpha value is -0.0600. The van der Waals surface area contributed by atoms with Crippen molar-refractivity contribution in [3.8, 4) is 0 Å². The molecule has 0 spiro atoms. The largest absolute Gasteiger partial charge is 0.324 e. The first kappa shape index (κ1) is 14.0. The molecule has 2 nitrogen and oxygen atoms in total. The highest BCUT2D eigenvalue weighted by molar-refractivity contribution is 9.10. The van der Waals surface area contributed by atoms with Gasteiger partial charge in [-0.05, 0) is 34.0 Å². The molecular formula is C11H12Br2ClNO. The van der Waals surface area contributed by atoms with Crippen LogP contribution in [0.2, 0.25) is 5.02 Å². The van der Waals surface area contributed by atoms with E-state index in [1.165, 1.54) is 0 Å². The molecule has 0 fully saturated rings. The minimum Gasteiger partial charge on any atom is -0.324 e. The van der Waals surface area contributed by atoms with E-state index >= 15 is 0 Å². The highest BCUT2D eigenvalue weighted by atomic mass is 79.9. The Morgan fingerprint density at radius 3 is 2.62 bits per heavy atom. The third kappa shape index (κ3) is 3.47. The smallest absolute Gasteiger partial charge is 0.238 e. The third-order valence-electron chi connectivity index (χ3n) is 2.05. The molecule has 1 unspecified atom stereocenters. The Balaban J connectivity index is 2.81. The number of nitrogens with one attached hydrogen (secondary N) is 1. The van der Waals surface area contributed by atoms with Crippen molar-refractivity contribution in [3.63, 3.8) is 0 Å². The maximum absolute atomic E-state index is 11.8. The zero-order valence-electron chi connectivity index (χ0n) is 8.93. The van der Waals surface area contributed by atoms with Crippen molar-refractivity contribution in [2.24, 2.45) is 5.92 Å². The van der Waals surface area contributed by atoms with Crippen molar-refractivity contribution in [3.05, 3.63) is 27.7 Å². The normalized spacial score (nSPS) is 12.6. The standard InChI is InChI=1S/C11H12Br2ClNO/c1-6(2)9(12)11(16)15-8-5-3-4-7(14)10(8)13/h3-6,9H,1-2H3,(H,15,16). The first-order valence-corrected chi connectivity index (χ1v) is 6.91. The van der Waals surface area contributed by atoms with Crippen LogP contribution in [-0.4, -0.2) is 10.7 Å². The number of alkyl halides is 1. The number of halogens is 3. The summed E-state index contributed by atoms with van der Waals surface area (Å²) in [6.07, 6.45) is 0. The van der Waals surface area contributed by atoms with Gasteiger partial charge in [0, 0.05) is 0 Å². The van der Waals surface area contributed by atoms with Crippen LogP contribution in [0.15, 0.2) is 22.7 Å². The van der Waals surface area contributed by atoms with Gasteiger partial charge in [-0.2, -0.15) is 0 Å². The molecule has 1 atom stereocenters. The summed E-state index contributed by atoms with van der Waals surface area (Å²) in [5.41, 5.74) is 0.683. The van der Waals surface area contributed by atoms with E-state index in [0.717, 1.165) is 0 Å². The molecule has 1 aromatic carbocycles. The van der Waals surface area contributed by atoms with Crippen molar-refractivity contribution in [1.29, 1.82) is 0 Å². The highest BCUT2D eigenvalue weighted by Crippen LogP contribution is 2.30. The van der Waals surface area contributed by atoms with Crippen LogP contribution >= 0.6 is 43.5 Å². The summed E-state index contributed by atoms with van der Waals surface area (Å²) in [4.78, 5) is 11.6. The summed E-state index contributed by atoms with van der Waals surface area (Å²) >= 11 is 12.6. The number of rotatable bonds is 3. The van der Waals surface area contributed by atoms with E-state index < -0.39 is 0 Å². The predicted octanol–water partition coefficient (Wildman–Crippen LogP) is 4.46. The second kappa shape index (κ2) is 6.03. The first-order valence-electron chi connectivity index (χ1n) is 4.82. The lowest BCUT2D eigenvalue weighted by Gasteiger charge is -2.14. The van der Waals surface area contributed by atoms with Gasteiger partial charge in [0.2, 0.25) is 5.91 Å². The Kier molecular flexibility index (Phi) is 5.28. The monoisotopic (exact) mass is 367 g/mol. The van der Waals surface area contributed by atoms with E-state index in [-0.39, 0.29) is 16.7 Å². The topological polar surface area (TPSA) is 29.1 Å². The number of carbonyl (C=O) groups is 1. The predicted molar refractivity (Wildman–Crippen MR) is 75.3 cm³/mol. The SMILES string of the molecule is CC(C)C(Br)C(=O)Nc1cccc(Cl)c1Br. The quantitative estimate of drug-likeness (QED) is 0.783. The maximum atomic E-state index is 11.8. The summed E-state index contributed by atoms with van der Waals surface area (Å²) in [5.74, 6) is 0.163. The summed E-state index contributed by atoms with van der Waals surface area (Å²) in [5, 5.41) is 3.39. The number of carbonyl (C=O) groups excluding carboxylic acids is 1. The highest BCUT2D eigenvalue weighted by Gasteiger charge is 2.19. The molecule has 0 bridgehead atoms. The molecule has 0 radical (unpaired) electrons. The van der Waals surface area contributed by atoms with E-state index in [1.807, 2.05) is 13.8 Å². The number of hydrogen-bond donors (Lipinski definition) is 1. The van der Waals surface area contributed by atoms with Crippen LogP contribution in [0.3, 0.4) is 0 Å². The molecule has 0 aliphatic heterocycles. The van der Waals surface area contributed by atoms with Gasteiger partial charge in [0.05, 0.1) is 20.0 Å². The molecule has 16 heavy (non-hydrogen) atoms. The molecule has 0 saturated carbocycles. The number of anilines is 1. The number of amides is 1. The second-order valence-electron chi connectivity index (χ2n) is 3.74. The third-order valence-corrected chi connectivity index (χ3v) is 4.92. The lowest BCUT2D eigenvalue weighted by atomic mass is 10.1. The first-order chi connectivity index (χ1) is 7.43. The van der Waals surface area contributed by atoms with E-state index in [9.17, 15) is 4.79 Å². The van der Waals surface area contributed by atoms with E-state index in [4.69, 9.17) is 11.6 Å². The van der Waals surface area contributed by atoms with Gasteiger partial charge in [-0.25, -0.2) is 0 Å². The summed E-state index contributed by atoms with van der Waals surface area (Å²) in [7, 11) is 0. The van der Waals surface area contributed by atoms with Crippen LogP contribution in [0, 0.1) is 5.92 Å². The van der Waals surface area contributed by atoms with E-state index in [1.54, 1.807) is 18.2 Å². The average Bonchev–Trinajstić information content (AvgIpc) is 2.23. The van der Waals surface area contributed by atoms with E-state index in [2.05, 4.69) is 37.2 Å². The fourth-order valence-electron chi connectivity index (χ4n) is 1.10. The van der Waals surface area contributed by atoms with Crippen molar-refractivity contribution in [2.45, 2.75) is 18.7 Å². The van der Waals surface area contributed by atoms with Crippen LogP contribution < -0.4 is 5.32 Å². The molecule has 0 aliphatic carbocycles. The van der Waals surface area contributed by atoms with Crippen molar-refractivity contribution in [1.82, 2.24) is 0 Å². The summed E-state index contributed by atoms with van der Waals surface area (Å²) < 4.78 is 0.702. The van der Waals surface area contributed by atoms with Crippen LogP contribution in [-0.2, 0) is 4.79 Å². The summed E-state index contributed by atoms with van der Waals surface area (Å²) in [6, 6.07) is 5.35. The van der Waals surface area contributed by atoms with E-state index in [0.29, 0.717) is 15.2 Å². The molecule has 0 heterocycles. The van der Waals surface area contributed by atoms with Crippen LogP contribution in [0.1, 0.15) is 13.8 Å². The molecule has 5 heteroatoms. The lowest BCUT2D eigenvalue weighted by Crippen LogP contribution is -2.27. The fourth-order valence-corrected chi connectivity index (χ4v) is 1.76. The minimum atomic E-state index is -0.210. The molecule has 1 N–H and O–H groups in total. The molecule has 0 aliphatic rings. The number of hydrogen-bond acceptors (Lipinski definition) is 1. The molecular weight excluding hydrogens is 357 g/mol. The Labute approximate surface area is 117 Å². The molecule has 0 aromatic heterocycles.